The van der Waals surface area contributed by atoms with Gasteiger partial charge in [-0.2, -0.15) is 26.3 Å². The summed E-state index contributed by atoms with van der Waals surface area (Å²) >= 11 is -0.127. The van der Waals surface area contributed by atoms with Gasteiger partial charge in [-0.15, -0.1) is 13.2 Å². The minimum absolute atomic E-state index is 0.127. The number of alkyl halides is 10. The van der Waals surface area contributed by atoms with Crippen LogP contribution >= 0.6 is 22.6 Å². The monoisotopic (exact) mass is 378 g/mol. The van der Waals surface area contributed by atoms with Crippen molar-refractivity contribution >= 4 is 22.6 Å². The average molecular weight is 378 g/mol. The lowest BCUT2D eigenvalue weighted by Crippen LogP contribution is -2.50. The number of ether oxygens (including phenoxy) is 2. The third-order valence-electron chi connectivity index (χ3n) is 0.827. The molecule has 0 aromatic heterocycles. The van der Waals surface area contributed by atoms with Crippen molar-refractivity contribution in [3.05, 3.63) is 0 Å². The Bertz CT molecular complexity index is 217. The molecule has 2 nitrogen and oxygen atoms in total. The van der Waals surface area contributed by atoms with Gasteiger partial charge in [-0.05, 0) is 0 Å². The summed E-state index contributed by atoms with van der Waals surface area (Å²) < 4.78 is 105. The Labute approximate surface area is 94.8 Å². The zero-order valence-electron chi connectivity index (χ0n) is 6.60. The Morgan fingerprint density at radius 1 is 0.625 bits per heavy atom. The van der Waals surface area contributed by atoms with Crippen LogP contribution < -0.4 is 0 Å². The Balaban J connectivity index is 4.85. The molecule has 0 fully saturated rings. The molecule has 0 radical (unpaired) electrons. The zero-order valence-corrected chi connectivity index (χ0v) is 8.75. The van der Waals surface area contributed by atoms with E-state index in [4.69, 9.17) is 0 Å². The second-order valence-electron chi connectivity index (χ2n) is 2.13. The van der Waals surface area contributed by atoms with E-state index >= 15 is 0 Å². The highest BCUT2D eigenvalue weighted by Gasteiger charge is 2.67. The van der Waals surface area contributed by atoms with Crippen LogP contribution in [-0.2, 0) is 9.47 Å². The van der Waals surface area contributed by atoms with Crippen LogP contribution in [0, 0.1) is 0 Å². The highest BCUT2D eigenvalue weighted by atomic mass is 127. The first-order valence-electron chi connectivity index (χ1n) is 2.96. The summed E-state index contributed by atoms with van der Waals surface area (Å²) in [6.45, 7) is 0. The first-order chi connectivity index (χ1) is 6.66. The van der Waals surface area contributed by atoms with Crippen molar-refractivity contribution < 1.29 is 49.0 Å². The standard InChI is InChI=1S/C4F9IO2/c5-1(6,15-3(9,10)11)2(7,8)16-4(12,13)14. The summed E-state index contributed by atoms with van der Waals surface area (Å²) in [7, 11) is 0. The van der Waals surface area contributed by atoms with Gasteiger partial charge in [-0.1, -0.05) is 0 Å². The van der Waals surface area contributed by atoms with E-state index < -0.39 is 22.7 Å². The largest absolute Gasteiger partial charge is 0.527 e. The number of rotatable bonds is 4. The predicted octanol–water partition coefficient (Wildman–Crippen LogP) is 3.71. The van der Waals surface area contributed by atoms with Crippen molar-refractivity contribution in [2.24, 2.45) is 0 Å². The van der Waals surface area contributed by atoms with Crippen LogP contribution in [0.1, 0.15) is 0 Å². The summed E-state index contributed by atoms with van der Waals surface area (Å²) in [6.07, 6.45) is -18.6. The van der Waals surface area contributed by atoms with Crippen LogP contribution in [0.5, 0.6) is 0 Å². The summed E-state index contributed by atoms with van der Waals surface area (Å²) in [5.74, 6) is 0. The molecule has 0 bridgehead atoms. The average Bonchev–Trinajstić information content (AvgIpc) is 1.72. The van der Waals surface area contributed by atoms with Gasteiger partial charge in [0.15, 0.2) is 0 Å². The van der Waals surface area contributed by atoms with E-state index in [2.05, 4.69) is 4.74 Å². The molecule has 16 heavy (non-hydrogen) atoms. The molecular weight excluding hydrogens is 378 g/mol. The lowest BCUT2D eigenvalue weighted by molar-refractivity contribution is -0.518. The van der Waals surface area contributed by atoms with Crippen molar-refractivity contribution in [1.29, 1.82) is 0 Å². The van der Waals surface area contributed by atoms with Crippen LogP contribution in [0.3, 0.4) is 0 Å². The van der Waals surface area contributed by atoms with E-state index in [0.29, 0.717) is 0 Å². The molecule has 0 aliphatic carbocycles. The molecule has 0 rings (SSSR count). The molecule has 0 spiro atoms. The van der Waals surface area contributed by atoms with E-state index in [1.165, 1.54) is 0 Å². The van der Waals surface area contributed by atoms with Crippen LogP contribution in [0.2, 0.25) is 0 Å². The highest BCUT2D eigenvalue weighted by molar-refractivity contribution is 14.1. The number of halogens is 10. The van der Waals surface area contributed by atoms with Gasteiger partial charge in [0.2, 0.25) is 0 Å². The van der Waals surface area contributed by atoms with Crippen LogP contribution in [0.4, 0.5) is 39.5 Å². The highest BCUT2D eigenvalue weighted by Crippen LogP contribution is 2.44. The second-order valence-corrected chi connectivity index (χ2v) is 3.39. The molecule has 0 heterocycles. The molecule has 98 valence electrons. The zero-order chi connectivity index (χ0) is 13.4. The second kappa shape index (κ2) is 4.36. The fraction of sp³-hybridized carbons (Fsp3) is 1.00. The Morgan fingerprint density at radius 2 is 0.938 bits per heavy atom. The summed E-state index contributed by atoms with van der Waals surface area (Å²) in [4.78, 5) is 0. The molecule has 0 N–H and O–H groups in total. The molecule has 0 saturated heterocycles. The van der Waals surface area contributed by atoms with E-state index in [-0.39, 0.29) is 22.6 Å². The molecule has 12 heteroatoms. The van der Waals surface area contributed by atoms with Crippen molar-refractivity contribution in [3.8, 4) is 0 Å². The van der Waals surface area contributed by atoms with Gasteiger partial charge in [0.05, 0.1) is 0 Å². The molecule has 0 unspecified atom stereocenters. The molecule has 0 aromatic carbocycles. The molecular formula is C4F9IO2. The normalized spacial score (nSPS) is 15.4. The number of hydrogen-bond acceptors (Lipinski definition) is 2. The van der Waals surface area contributed by atoms with Gasteiger partial charge in [0, 0.05) is 22.6 Å². The van der Waals surface area contributed by atoms with Crippen LogP contribution in [0.25, 0.3) is 0 Å². The van der Waals surface area contributed by atoms with Crippen molar-refractivity contribution in [2.75, 3.05) is 0 Å². The fourth-order valence-corrected chi connectivity index (χ4v) is 0.686. The Hall–Kier alpha value is 0.0200. The molecule has 0 saturated carbocycles. The van der Waals surface area contributed by atoms with Gasteiger partial charge in [0.25, 0.3) is 0 Å². The van der Waals surface area contributed by atoms with Crippen molar-refractivity contribution in [2.45, 2.75) is 22.7 Å². The molecule has 0 aliphatic rings. The third kappa shape index (κ3) is 5.38. The van der Waals surface area contributed by atoms with Gasteiger partial charge in [0.1, 0.15) is 0 Å². The minimum atomic E-state index is -6.28. The maximum absolute atomic E-state index is 12.1. The quantitative estimate of drug-likeness (QED) is 0.422. The number of hydrogen-bond donors (Lipinski definition) is 0. The fourth-order valence-electron chi connectivity index (χ4n) is 0.410. The topological polar surface area (TPSA) is 18.5 Å². The molecule has 0 aliphatic heterocycles. The summed E-state index contributed by atoms with van der Waals surface area (Å²) in [6, 6.07) is 0. The smallest absolute Gasteiger partial charge is 0.240 e. The van der Waals surface area contributed by atoms with E-state index in [1.54, 1.807) is 4.74 Å². The van der Waals surface area contributed by atoms with Gasteiger partial charge >= 0.3 is 22.7 Å². The summed E-state index contributed by atoms with van der Waals surface area (Å²) in [5, 5.41) is 0. The van der Waals surface area contributed by atoms with Gasteiger partial charge < -0.3 is 0 Å². The molecule has 0 aromatic rings. The Morgan fingerprint density at radius 3 is 1.19 bits per heavy atom. The van der Waals surface area contributed by atoms with E-state index in [1.807, 2.05) is 0 Å². The third-order valence-corrected chi connectivity index (χ3v) is 1.05. The SMILES string of the molecule is FC(F)(F)OC(F)(F)C(F)(F)OC(F)(F)I. The lowest BCUT2D eigenvalue weighted by Gasteiger charge is -2.27. The maximum Gasteiger partial charge on any atom is 0.527 e. The minimum Gasteiger partial charge on any atom is -0.240 e. The van der Waals surface area contributed by atoms with Crippen molar-refractivity contribution in [1.82, 2.24) is 0 Å². The van der Waals surface area contributed by atoms with Crippen molar-refractivity contribution in [3.63, 3.8) is 0 Å². The van der Waals surface area contributed by atoms with Gasteiger partial charge in [-0.3, -0.25) is 0 Å². The lowest BCUT2D eigenvalue weighted by atomic mass is 10.6. The molecule has 0 atom stereocenters. The first kappa shape index (κ1) is 16.0. The predicted molar refractivity (Wildman–Crippen MR) is 37.1 cm³/mol. The van der Waals surface area contributed by atoms with E-state index in [9.17, 15) is 39.5 Å². The summed E-state index contributed by atoms with van der Waals surface area (Å²) in [5.41, 5.74) is 0. The Kier molecular flexibility index (Phi) is 4.37. The van der Waals surface area contributed by atoms with Crippen LogP contribution in [-0.4, -0.2) is 22.7 Å². The van der Waals surface area contributed by atoms with Gasteiger partial charge in [-0.25, -0.2) is 9.47 Å². The maximum atomic E-state index is 12.1. The van der Waals surface area contributed by atoms with Crippen LogP contribution in [0.15, 0.2) is 0 Å². The van der Waals surface area contributed by atoms with E-state index in [0.717, 1.165) is 0 Å². The first-order valence-corrected chi connectivity index (χ1v) is 4.04. The molecule has 0 amide bonds.